The lowest BCUT2D eigenvalue weighted by Gasteiger charge is -2.13. The lowest BCUT2D eigenvalue weighted by atomic mass is 10.1. The normalized spacial score (nSPS) is 11.2. The van der Waals surface area contributed by atoms with E-state index in [2.05, 4.69) is 14.9 Å². The summed E-state index contributed by atoms with van der Waals surface area (Å²) in [5.74, 6) is -5.42. The number of ether oxygens (including phenoxy) is 1. The van der Waals surface area contributed by atoms with Gasteiger partial charge in [-0.15, -0.1) is 5.10 Å². The summed E-state index contributed by atoms with van der Waals surface area (Å²) in [6.45, 7) is 3.28. The largest absolute Gasteiger partial charge is 0.461 e. The minimum absolute atomic E-state index is 0.122. The van der Waals surface area contributed by atoms with Crippen molar-refractivity contribution in [3.8, 4) is 11.3 Å². The molecule has 21 heavy (non-hydrogen) atoms. The van der Waals surface area contributed by atoms with Crippen LogP contribution in [0.2, 0.25) is 0 Å². The Labute approximate surface area is 120 Å². The van der Waals surface area contributed by atoms with Crippen molar-refractivity contribution < 1.29 is 18.3 Å². The number of alkyl halides is 2. The van der Waals surface area contributed by atoms with Crippen LogP contribution in [0.5, 0.6) is 0 Å². The van der Waals surface area contributed by atoms with Crippen LogP contribution in [0.3, 0.4) is 0 Å². The predicted molar refractivity (Wildman–Crippen MR) is 72.7 cm³/mol. The van der Waals surface area contributed by atoms with Crippen LogP contribution in [0, 0.1) is 6.92 Å². The Hall–Kier alpha value is -2.37. The van der Waals surface area contributed by atoms with Gasteiger partial charge in [-0.2, -0.15) is 13.9 Å². The van der Waals surface area contributed by atoms with Gasteiger partial charge in [-0.05, 0) is 26.0 Å². The van der Waals surface area contributed by atoms with E-state index in [-0.39, 0.29) is 6.61 Å². The minimum atomic E-state index is -3.80. The molecule has 0 radical (unpaired) electrons. The van der Waals surface area contributed by atoms with Gasteiger partial charge >= 0.3 is 11.9 Å². The zero-order valence-electron chi connectivity index (χ0n) is 11.6. The molecule has 4 nitrogen and oxygen atoms in total. The number of hydrogen-bond acceptors (Lipinski definition) is 4. The van der Waals surface area contributed by atoms with E-state index in [1.165, 1.54) is 13.0 Å². The van der Waals surface area contributed by atoms with Gasteiger partial charge < -0.3 is 4.74 Å². The van der Waals surface area contributed by atoms with Crippen LogP contribution in [0.15, 0.2) is 36.4 Å². The van der Waals surface area contributed by atoms with Crippen molar-refractivity contribution in [2.24, 2.45) is 0 Å². The molecule has 1 aromatic heterocycles. The number of nitrogens with zero attached hydrogens (tertiary/aromatic N) is 2. The maximum absolute atomic E-state index is 13.7. The monoisotopic (exact) mass is 292 g/mol. The minimum Gasteiger partial charge on any atom is -0.461 e. The summed E-state index contributed by atoms with van der Waals surface area (Å²) in [6.07, 6.45) is 0. The molecule has 0 N–H and O–H groups in total. The van der Waals surface area contributed by atoms with Gasteiger partial charge in [0.25, 0.3) is 0 Å². The van der Waals surface area contributed by atoms with E-state index in [0.717, 1.165) is 17.2 Å². The second-order valence-corrected chi connectivity index (χ2v) is 4.46. The highest BCUT2D eigenvalue weighted by Crippen LogP contribution is 2.28. The molecule has 1 aromatic carbocycles. The average molecular weight is 292 g/mol. The number of esters is 1. The quantitative estimate of drug-likeness (QED) is 0.812. The van der Waals surface area contributed by atoms with Crippen molar-refractivity contribution in [1.29, 1.82) is 0 Å². The summed E-state index contributed by atoms with van der Waals surface area (Å²) in [7, 11) is 0. The van der Waals surface area contributed by atoms with Crippen molar-refractivity contribution in [2.45, 2.75) is 19.8 Å². The summed E-state index contributed by atoms with van der Waals surface area (Å²) >= 11 is 0. The van der Waals surface area contributed by atoms with Gasteiger partial charge in [-0.1, -0.05) is 29.8 Å². The van der Waals surface area contributed by atoms with Crippen molar-refractivity contribution >= 4 is 5.97 Å². The number of benzene rings is 1. The number of carbonyl (C=O) groups excluding carboxylic acids is 1. The summed E-state index contributed by atoms with van der Waals surface area (Å²) < 4.78 is 31.8. The first-order valence-corrected chi connectivity index (χ1v) is 6.41. The highest BCUT2D eigenvalue weighted by molar-refractivity contribution is 5.78. The Balaban J connectivity index is 2.26. The highest BCUT2D eigenvalue weighted by Gasteiger charge is 2.44. The number of aromatic nitrogens is 2. The molecule has 0 bridgehead atoms. The molecule has 1 heterocycles. The van der Waals surface area contributed by atoms with E-state index >= 15 is 0 Å². The molecule has 2 rings (SSSR count). The fourth-order valence-corrected chi connectivity index (χ4v) is 1.70. The molecule has 6 heteroatoms. The number of rotatable bonds is 4. The first-order valence-electron chi connectivity index (χ1n) is 6.41. The van der Waals surface area contributed by atoms with Crippen LogP contribution in [-0.2, 0) is 15.5 Å². The van der Waals surface area contributed by atoms with Crippen LogP contribution >= 0.6 is 0 Å². The van der Waals surface area contributed by atoms with Crippen molar-refractivity contribution in [2.75, 3.05) is 6.61 Å². The highest BCUT2D eigenvalue weighted by atomic mass is 19.3. The molecule has 0 aliphatic carbocycles. The zero-order valence-corrected chi connectivity index (χ0v) is 11.6. The van der Waals surface area contributed by atoms with E-state index in [1.807, 2.05) is 31.2 Å². The molecule has 0 fully saturated rings. The molecular formula is C15H14F2N2O2. The smallest absolute Gasteiger partial charge is 0.386 e. The Bertz CT molecular complexity index is 625. The third-order valence-corrected chi connectivity index (χ3v) is 2.87. The summed E-state index contributed by atoms with van der Waals surface area (Å²) in [5, 5.41) is 7.20. The standard InChI is InChI=1S/C15H14F2N2O2/c1-3-21-14(20)15(16,17)13-9-8-12(18-19-13)11-6-4-10(2)5-7-11/h4-9H,3H2,1-2H3. The fourth-order valence-electron chi connectivity index (χ4n) is 1.70. The molecule has 0 atom stereocenters. The van der Waals surface area contributed by atoms with E-state index in [9.17, 15) is 13.6 Å². The molecule has 0 unspecified atom stereocenters. The molecule has 2 aromatic rings. The van der Waals surface area contributed by atoms with E-state index in [4.69, 9.17) is 0 Å². The number of aryl methyl sites for hydroxylation is 1. The number of halogens is 2. The fraction of sp³-hybridized carbons (Fsp3) is 0.267. The number of hydrogen-bond donors (Lipinski definition) is 0. The maximum atomic E-state index is 13.7. The van der Waals surface area contributed by atoms with Crippen LogP contribution in [0.25, 0.3) is 11.3 Å². The van der Waals surface area contributed by atoms with Gasteiger partial charge in [0, 0.05) is 5.56 Å². The van der Waals surface area contributed by atoms with Gasteiger partial charge in [-0.25, -0.2) is 4.79 Å². The summed E-state index contributed by atoms with van der Waals surface area (Å²) in [6, 6.07) is 9.90. The number of carbonyl (C=O) groups is 1. The van der Waals surface area contributed by atoms with Crippen molar-refractivity contribution in [3.63, 3.8) is 0 Å². The Morgan fingerprint density at radius 2 is 1.81 bits per heavy atom. The average Bonchev–Trinajstić information content (AvgIpc) is 2.48. The van der Waals surface area contributed by atoms with Crippen molar-refractivity contribution in [1.82, 2.24) is 10.2 Å². The predicted octanol–water partition coefficient (Wildman–Crippen LogP) is 3.11. The van der Waals surface area contributed by atoms with Crippen LogP contribution in [-0.4, -0.2) is 22.8 Å². The van der Waals surface area contributed by atoms with Gasteiger partial charge in [0.05, 0.1) is 12.3 Å². The lowest BCUT2D eigenvalue weighted by molar-refractivity contribution is -0.173. The Kier molecular flexibility index (Phi) is 4.26. The molecule has 0 saturated carbocycles. The van der Waals surface area contributed by atoms with E-state index in [0.29, 0.717) is 5.69 Å². The van der Waals surface area contributed by atoms with Crippen LogP contribution < -0.4 is 0 Å². The van der Waals surface area contributed by atoms with Crippen LogP contribution in [0.4, 0.5) is 8.78 Å². The molecular weight excluding hydrogens is 278 g/mol. The molecule has 0 aliphatic rings. The summed E-state index contributed by atoms with van der Waals surface area (Å²) in [5.41, 5.74) is 1.58. The van der Waals surface area contributed by atoms with Gasteiger partial charge in [0.1, 0.15) is 5.69 Å². The lowest BCUT2D eigenvalue weighted by Crippen LogP contribution is -2.29. The van der Waals surface area contributed by atoms with E-state index < -0.39 is 17.6 Å². The molecule has 0 saturated heterocycles. The van der Waals surface area contributed by atoms with Gasteiger partial charge in [0.15, 0.2) is 0 Å². The van der Waals surface area contributed by atoms with Crippen molar-refractivity contribution in [3.05, 3.63) is 47.7 Å². The third-order valence-electron chi connectivity index (χ3n) is 2.87. The van der Waals surface area contributed by atoms with Crippen LogP contribution in [0.1, 0.15) is 18.2 Å². The third kappa shape index (κ3) is 3.21. The Morgan fingerprint density at radius 1 is 1.14 bits per heavy atom. The second kappa shape index (κ2) is 5.95. The topological polar surface area (TPSA) is 52.1 Å². The van der Waals surface area contributed by atoms with Gasteiger partial charge in [-0.3, -0.25) is 0 Å². The Morgan fingerprint density at radius 3 is 2.33 bits per heavy atom. The van der Waals surface area contributed by atoms with E-state index in [1.54, 1.807) is 0 Å². The maximum Gasteiger partial charge on any atom is 0.386 e. The molecule has 0 aliphatic heterocycles. The summed E-state index contributed by atoms with van der Waals surface area (Å²) in [4.78, 5) is 11.2. The SMILES string of the molecule is CCOC(=O)C(F)(F)c1ccc(-c2ccc(C)cc2)nn1. The molecule has 110 valence electrons. The first kappa shape index (κ1) is 15.0. The molecule has 0 amide bonds. The molecule has 0 spiro atoms. The van der Waals surface area contributed by atoms with Gasteiger partial charge in [0.2, 0.25) is 0 Å². The first-order chi connectivity index (χ1) is 9.95. The second-order valence-electron chi connectivity index (χ2n) is 4.46. The zero-order chi connectivity index (χ0) is 15.5.